The molecule has 2 aromatic carbocycles. The van der Waals surface area contributed by atoms with Crippen molar-refractivity contribution in [1.29, 1.82) is 0 Å². The zero-order chi connectivity index (χ0) is 25.7. The molecule has 0 aliphatic carbocycles. The summed E-state index contributed by atoms with van der Waals surface area (Å²) in [6.45, 7) is 5.07. The molecule has 0 N–H and O–H groups in total. The first-order valence-electron chi connectivity index (χ1n) is 12.0. The first kappa shape index (κ1) is 25.7. The maximum atomic E-state index is 13.8. The maximum Gasteiger partial charge on any atom is 0.254 e. The van der Waals surface area contributed by atoms with Crippen molar-refractivity contribution in [2.24, 2.45) is 5.92 Å². The second kappa shape index (κ2) is 11.6. The second-order valence-corrected chi connectivity index (χ2v) is 10.2. The molecule has 1 aromatic heterocycles. The summed E-state index contributed by atoms with van der Waals surface area (Å²) in [5, 5.41) is 2.04. The number of fused-ring (bicyclic) bond motifs is 1. The Morgan fingerprint density at radius 2 is 1.92 bits per heavy atom. The number of nitrogens with zero attached hydrogens (tertiary/aromatic N) is 2. The Morgan fingerprint density at radius 1 is 1.14 bits per heavy atom. The van der Waals surface area contributed by atoms with E-state index in [1.807, 2.05) is 49.6 Å². The summed E-state index contributed by atoms with van der Waals surface area (Å²) in [6, 6.07) is 14.8. The van der Waals surface area contributed by atoms with E-state index < -0.39 is 5.82 Å². The highest BCUT2D eigenvalue weighted by atomic mass is 32.1. The summed E-state index contributed by atoms with van der Waals surface area (Å²) in [6.07, 6.45) is 0.756. The third-order valence-electron chi connectivity index (χ3n) is 6.15. The van der Waals surface area contributed by atoms with Crippen LogP contribution in [0.2, 0.25) is 0 Å². The van der Waals surface area contributed by atoms with Crippen LogP contribution in [0.25, 0.3) is 0 Å². The highest BCUT2D eigenvalue weighted by Crippen LogP contribution is 2.35. The van der Waals surface area contributed by atoms with Gasteiger partial charge in [0.25, 0.3) is 5.91 Å². The van der Waals surface area contributed by atoms with Crippen LogP contribution in [0.5, 0.6) is 11.5 Å². The average Bonchev–Trinajstić information content (AvgIpc) is 3.35. The Bertz CT molecular complexity index is 1210. The SMILES string of the molecule is COc1ccccc1OC[C@H]1c2ccsc2CCN1C(=O)CN(CC(C)C)C(=O)c1cccc(F)c1. The van der Waals surface area contributed by atoms with E-state index in [1.165, 1.54) is 28.0 Å². The molecule has 0 spiro atoms. The minimum absolute atomic E-state index is 0.0852. The summed E-state index contributed by atoms with van der Waals surface area (Å²) in [4.78, 5) is 31.4. The molecule has 6 nitrogen and oxygen atoms in total. The quantitative estimate of drug-likeness (QED) is 0.397. The molecule has 2 heterocycles. The number of benzene rings is 2. The van der Waals surface area contributed by atoms with Crippen LogP contribution in [0.15, 0.2) is 60.0 Å². The van der Waals surface area contributed by atoms with Crippen molar-refractivity contribution in [1.82, 2.24) is 9.80 Å². The minimum atomic E-state index is -0.480. The molecular weight excluding hydrogens is 479 g/mol. The van der Waals surface area contributed by atoms with E-state index in [0.29, 0.717) is 24.6 Å². The number of hydrogen-bond donors (Lipinski definition) is 0. The molecule has 4 rings (SSSR count). The van der Waals surface area contributed by atoms with Crippen LogP contribution in [0.1, 0.15) is 40.7 Å². The van der Waals surface area contributed by atoms with Crippen LogP contribution in [0.3, 0.4) is 0 Å². The molecule has 36 heavy (non-hydrogen) atoms. The molecule has 0 bridgehead atoms. The van der Waals surface area contributed by atoms with Gasteiger partial charge in [-0.3, -0.25) is 9.59 Å². The number of carbonyl (C=O) groups excluding carboxylic acids is 2. The number of hydrogen-bond acceptors (Lipinski definition) is 5. The molecule has 0 saturated carbocycles. The van der Waals surface area contributed by atoms with E-state index in [9.17, 15) is 14.0 Å². The Balaban J connectivity index is 1.55. The van der Waals surface area contributed by atoms with E-state index in [4.69, 9.17) is 9.47 Å². The molecule has 8 heteroatoms. The highest BCUT2D eigenvalue weighted by Gasteiger charge is 2.34. The zero-order valence-electron chi connectivity index (χ0n) is 20.8. The van der Waals surface area contributed by atoms with Gasteiger partial charge >= 0.3 is 0 Å². The summed E-state index contributed by atoms with van der Waals surface area (Å²) in [7, 11) is 1.59. The van der Waals surface area contributed by atoms with Crippen LogP contribution in [0.4, 0.5) is 4.39 Å². The molecule has 1 aliphatic heterocycles. The molecule has 0 fully saturated rings. The van der Waals surface area contributed by atoms with Crippen molar-refractivity contribution >= 4 is 23.2 Å². The summed E-state index contributed by atoms with van der Waals surface area (Å²) in [5.41, 5.74) is 1.31. The van der Waals surface area contributed by atoms with Gasteiger partial charge < -0.3 is 19.3 Å². The second-order valence-electron chi connectivity index (χ2n) is 9.20. The first-order chi connectivity index (χ1) is 17.4. The monoisotopic (exact) mass is 510 g/mol. The van der Waals surface area contributed by atoms with E-state index >= 15 is 0 Å². The lowest BCUT2D eigenvalue weighted by atomic mass is 10.00. The molecule has 3 aromatic rings. The third kappa shape index (κ3) is 5.87. The van der Waals surface area contributed by atoms with Crippen molar-refractivity contribution in [3.63, 3.8) is 0 Å². The van der Waals surface area contributed by atoms with Crippen LogP contribution < -0.4 is 9.47 Å². The predicted molar refractivity (Wildman–Crippen MR) is 138 cm³/mol. The number of rotatable bonds is 9. The summed E-state index contributed by atoms with van der Waals surface area (Å²) in [5.74, 6) is 0.381. The van der Waals surface area contributed by atoms with E-state index in [0.717, 1.165) is 12.0 Å². The largest absolute Gasteiger partial charge is 0.493 e. The Hall–Kier alpha value is -3.39. The number of amides is 2. The van der Waals surface area contributed by atoms with Crippen LogP contribution in [-0.2, 0) is 11.2 Å². The molecule has 0 unspecified atom stereocenters. The number of ether oxygens (including phenoxy) is 2. The zero-order valence-corrected chi connectivity index (χ0v) is 21.6. The summed E-state index contributed by atoms with van der Waals surface area (Å²) < 4.78 is 25.3. The summed E-state index contributed by atoms with van der Waals surface area (Å²) >= 11 is 1.68. The molecule has 2 amide bonds. The fraction of sp³-hybridized carbons (Fsp3) is 0.357. The lowest BCUT2D eigenvalue weighted by Gasteiger charge is -2.37. The lowest BCUT2D eigenvalue weighted by Crippen LogP contribution is -2.48. The van der Waals surface area contributed by atoms with Gasteiger partial charge in [-0.2, -0.15) is 0 Å². The van der Waals surface area contributed by atoms with E-state index in [-0.39, 0.29) is 42.5 Å². The van der Waals surface area contributed by atoms with Gasteiger partial charge in [-0.1, -0.05) is 32.0 Å². The van der Waals surface area contributed by atoms with Crippen molar-refractivity contribution in [2.45, 2.75) is 26.3 Å². The highest BCUT2D eigenvalue weighted by molar-refractivity contribution is 7.10. The third-order valence-corrected chi connectivity index (χ3v) is 7.15. The van der Waals surface area contributed by atoms with Crippen molar-refractivity contribution in [2.75, 3.05) is 33.4 Å². The molecule has 0 radical (unpaired) electrons. The fourth-order valence-electron chi connectivity index (χ4n) is 4.50. The normalized spacial score (nSPS) is 14.9. The molecule has 0 saturated heterocycles. The standard InChI is InChI=1S/C28H31FN2O4S/c1-19(2)16-30(28(33)20-7-6-8-21(29)15-20)17-27(32)31-13-11-26-22(12-14-36-26)23(31)18-35-25-10-5-4-9-24(25)34-3/h4-10,12,14-15,19,23H,11,13,16-18H2,1-3H3/t23-/m0/s1. The van der Waals surface area contributed by atoms with Gasteiger partial charge in [-0.25, -0.2) is 4.39 Å². The lowest BCUT2D eigenvalue weighted by molar-refractivity contribution is -0.135. The Morgan fingerprint density at radius 3 is 2.64 bits per heavy atom. The number of thiophene rings is 1. The van der Waals surface area contributed by atoms with Gasteiger partial charge in [0, 0.05) is 23.5 Å². The topological polar surface area (TPSA) is 59.1 Å². The van der Waals surface area contributed by atoms with E-state index in [1.54, 1.807) is 29.4 Å². The number of halogens is 1. The number of carbonyl (C=O) groups is 2. The van der Waals surface area contributed by atoms with Crippen molar-refractivity contribution in [3.8, 4) is 11.5 Å². The van der Waals surface area contributed by atoms with Crippen molar-refractivity contribution < 1.29 is 23.5 Å². The van der Waals surface area contributed by atoms with Crippen LogP contribution in [-0.4, -0.2) is 55.0 Å². The molecular formula is C28H31FN2O4S. The van der Waals surface area contributed by atoms with Gasteiger partial charge in [-0.15, -0.1) is 11.3 Å². The molecule has 1 atom stereocenters. The fourth-order valence-corrected chi connectivity index (χ4v) is 5.43. The van der Waals surface area contributed by atoms with Gasteiger partial charge in [0.2, 0.25) is 5.91 Å². The Labute approximate surface area is 215 Å². The minimum Gasteiger partial charge on any atom is -0.493 e. The maximum absolute atomic E-state index is 13.8. The number of para-hydroxylation sites is 2. The molecule has 1 aliphatic rings. The van der Waals surface area contributed by atoms with Crippen molar-refractivity contribution in [3.05, 3.63) is 81.8 Å². The number of methoxy groups -OCH3 is 1. The Kier molecular flexibility index (Phi) is 8.25. The smallest absolute Gasteiger partial charge is 0.254 e. The van der Waals surface area contributed by atoms with E-state index in [2.05, 4.69) is 0 Å². The average molecular weight is 511 g/mol. The first-order valence-corrected chi connectivity index (χ1v) is 12.9. The molecule has 190 valence electrons. The van der Waals surface area contributed by atoms with Gasteiger partial charge in [0.05, 0.1) is 13.2 Å². The van der Waals surface area contributed by atoms with Crippen LogP contribution in [0, 0.1) is 11.7 Å². The van der Waals surface area contributed by atoms with Gasteiger partial charge in [-0.05, 0) is 59.7 Å². The predicted octanol–water partition coefficient (Wildman–Crippen LogP) is 5.20. The van der Waals surface area contributed by atoms with Crippen LogP contribution >= 0.6 is 11.3 Å². The van der Waals surface area contributed by atoms with Gasteiger partial charge in [0.1, 0.15) is 19.0 Å². The van der Waals surface area contributed by atoms with Gasteiger partial charge in [0.15, 0.2) is 11.5 Å².